The van der Waals surface area contributed by atoms with Gasteiger partial charge in [-0.05, 0) is 36.4 Å². The molecule has 0 saturated carbocycles. The molecule has 7 heteroatoms. The van der Waals surface area contributed by atoms with Crippen LogP contribution < -0.4 is 5.32 Å². The van der Waals surface area contributed by atoms with Crippen LogP contribution in [0.25, 0.3) is 11.3 Å². The molecular formula is C18H16ClN3O3. The predicted octanol–water partition coefficient (Wildman–Crippen LogP) is 4.24. The molecule has 0 amide bonds. The lowest BCUT2D eigenvalue weighted by atomic mass is 10.1. The maximum absolute atomic E-state index is 11.2. The molecule has 0 aliphatic rings. The number of nitrogens with one attached hydrogen (secondary N) is 1. The minimum absolute atomic E-state index is 0.0727. The Kier molecular flexibility index (Phi) is 5.42. The molecule has 0 radical (unpaired) electrons. The van der Waals surface area contributed by atoms with Gasteiger partial charge in [-0.15, -0.1) is 0 Å². The molecular weight excluding hydrogens is 342 g/mol. The van der Waals surface area contributed by atoms with Crippen molar-refractivity contribution in [2.75, 3.05) is 6.54 Å². The molecule has 1 N–H and O–H groups in total. The zero-order valence-corrected chi connectivity index (χ0v) is 14.1. The fraction of sp³-hybridized carbons (Fsp3) is 0.167. The maximum Gasteiger partial charge on any atom is 0.281 e. The lowest BCUT2D eigenvalue weighted by molar-refractivity contribution is -0.384. The summed E-state index contributed by atoms with van der Waals surface area (Å²) in [7, 11) is 0. The zero-order chi connectivity index (χ0) is 17.6. The molecule has 0 bridgehead atoms. The fourth-order valence-electron chi connectivity index (χ4n) is 2.46. The number of furan rings is 1. The van der Waals surface area contributed by atoms with Gasteiger partial charge >= 0.3 is 0 Å². The van der Waals surface area contributed by atoms with Crippen molar-refractivity contribution in [1.82, 2.24) is 10.3 Å². The molecule has 3 rings (SSSR count). The molecule has 3 aromatic rings. The van der Waals surface area contributed by atoms with Gasteiger partial charge in [0.25, 0.3) is 5.69 Å². The van der Waals surface area contributed by atoms with E-state index in [0.717, 1.165) is 18.7 Å². The Bertz CT molecular complexity index is 865. The average Bonchev–Trinajstić information content (AvgIpc) is 3.08. The van der Waals surface area contributed by atoms with Crippen LogP contribution in [-0.2, 0) is 13.0 Å². The predicted molar refractivity (Wildman–Crippen MR) is 95.5 cm³/mol. The molecule has 0 spiro atoms. The highest BCUT2D eigenvalue weighted by atomic mass is 35.5. The molecule has 2 heterocycles. The van der Waals surface area contributed by atoms with Crippen LogP contribution in [0.15, 0.2) is 59.1 Å². The van der Waals surface area contributed by atoms with E-state index in [9.17, 15) is 10.1 Å². The Balaban J connectivity index is 1.62. The number of benzene rings is 1. The van der Waals surface area contributed by atoms with Gasteiger partial charge in [0.1, 0.15) is 11.5 Å². The van der Waals surface area contributed by atoms with Gasteiger partial charge in [0.05, 0.1) is 17.0 Å². The third-order valence-corrected chi connectivity index (χ3v) is 3.90. The Labute approximate surface area is 149 Å². The Hall–Kier alpha value is -2.70. The van der Waals surface area contributed by atoms with E-state index in [1.807, 2.05) is 18.2 Å². The summed E-state index contributed by atoms with van der Waals surface area (Å²) in [5.74, 6) is 1.16. The number of hydrogen-bond donors (Lipinski definition) is 1. The highest BCUT2D eigenvalue weighted by Gasteiger charge is 2.18. The molecule has 25 heavy (non-hydrogen) atoms. The van der Waals surface area contributed by atoms with Gasteiger partial charge in [-0.3, -0.25) is 15.1 Å². The number of nitro groups is 1. The molecule has 0 aliphatic carbocycles. The van der Waals surface area contributed by atoms with Crippen LogP contribution in [-0.4, -0.2) is 16.5 Å². The summed E-state index contributed by atoms with van der Waals surface area (Å²) in [5, 5.41) is 14.8. The number of nitro benzene ring substituents is 1. The first-order chi connectivity index (χ1) is 12.1. The molecule has 128 valence electrons. The largest absolute Gasteiger partial charge is 0.459 e. The van der Waals surface area contributed by atoms with Crippen LogP contribution in [0.2, 0.25) is 5.02 Å². The topological polar surface area (TPSA) is 81.2 Å². The van der Waals surface area contributed by atoms with Crippen LogP contribution in [0.1, 0.15) is 11.5 Å². The van der Waals surface area contributed by atoms with Crippen molar-refractivity contribution >= 4 is 17.3 Å². The molecule has 1 aromatic carbocycles. The van der Waals surface area contributed by atoms with Gasteiger partial charge in [-0.2, -0.15) is 0 Å². The average molecular weight is 358 g/mol. The number of hydrogen-bond acceptors (Lipinski definition) is 5. The number of rotatable bonds is 7. The first-order valence-electron chi connectivity index (χ1n) is 7.77. The van der Waals surface area contributed by atoms with Crippen molar-refractivity contribution < 1.29 is 9.34 Å². The summed E-state index contributed by atoms with van der Waals surface area (Å²) in [6.45, 7) is 1.29. The van der Waals surface area contributed by atoms with Gasteiger partial charge in [-0.25, -0.2) is 0 Å². The van der Waals surface area contributed by atoms with E-state index in [4.69, 9.17) is 16.0 Å². The van der Waals surface area contributed by atoms with E-state index in [2.05, 4.69) is 10.3 Å². The van der Waals surface area contributed by atoms with Crippen LogP contribution in [0, 0.1) is 10.1 Å². The lowest BCUT2D eigenvalue weighted by Crippen LogP contribution is -2.16. The number of nitrogens with zero attached hydrogens (tertiary/aromatic N) is 2. The minimum Gasteiger partial charge on any atom is -0.459 e. The van der Waals surface area contributed by atoms with Gasteiger partial charge in [0.2, 0.25) is 0 Å². The van der Waals surface area contributed by atoms with Crippen molar-refractivity contribution in [1.29, 1.82) is 0 Å². The van der Waals surface area contributed by atoms with Crippen LogP contribution >= 0.6 is 11.6 Å². The second kappa shape index (κ2) is 7.92. The fourth-order valence-corrected chi connectivity index (χ4v) is 2.62. The Morgan fingerprint density at radius 1 is 1.20 bits per heavy atom. The Morgan fingerprint density at radius 3 is 2.84 bits per heavy atom. The SMILES string of the molecule is O=[N+]([O-])c1cc(Cl)ccc1-c1ccc(CNCCc2ccccn2)o1. The van der Waals surface area contributed by atoms with Gasteiger partial charge in [0.15, 0.2) is 0 Å². The molecule has 0 unspecified atom stereocenters. The van der Waals surface area contributed by atoms with E-state index in [1.54, 1.807) is 30.5 Å². The number of pyridine rings is 1. The maximum atomic E-state index is 11.2. The minimum atomic E-state index is -0.464. The lowest BCUT2D eigenvalue weighted by Gasteiger charge is -2.03. The van der Waals surface area contributed by atoms with E-state index < -0.39 is 4.92 Å². The first-order valence-corrected chi connectivity index (χ1v) is 8.15. The first kappa shape index (κ1) is 17.1. The van der Waals surface area contributed by atoms with E-state index in [0.29, 0.717) is 28.7 Å². The van der Waals surface area contributed by atoms with Crippen LogP contribution in [0.3, 0.4) is 0 Å². The molecule has 0 saturated heterocycles. The summed E-state index contributed by atoms with van der Waals surface area (Å²) in [6, 6.07) is 13.9. The number of aromatic nitrogens is 1. The summed E-state index contributed by atoms with van der Waals surface area (Å²) in [4.78, 5) is 15.0. The molecule has 2 aromatic heterocycles. The smallest absolute Gasteiger partial charge is 0.281 e. The zero-order valence-electron chi connectivity index (χ0n) is 13.3. The molecule has 0 atom stereocenters. The number of halogens is 1. The van der Waals surface area contributed by atoms with Gasteiger partial charge < -0.3 is 9.73 Å². The summed E-state index contributed by atoms with van der Waals surface area (Å²) < 4.78 is 5.73. The van der Waals surface area contributed by atoms with Crippen molar-refractivity contribution in [2.45, 2.75) is 13.0 Å². The van der Waals surface area contributed by atoms with Gasteiger partial charge in [0, 0.05) is 35.9 Å². The highest BCUT2D eigenvalue weighted by Crippen LogP contribution is 2.33. The van der Waals surface area contributed by atoms with Crippen LogP contribution in [0.4, 0.5) is 5.69 Å². The van der Waals surface area contributed by atoms with E-state index in [-0.39, 0.29) is 5.69 Å². The monoisotopic (exact) mass is 357 g/mol. The highest BCUT2D eigenvalue weighted by molar-refractivity contribution is 6.30. The standard InChI is InChI=1S/C18H16ClN3O3/c19-13-4-6-16(17(11-13)22(23)24)18-7-5-15(25-18)12-20-10-8-14-3-1-2-9-21-14/h1-7,9,11,20H,8,10,12H2. The quantitative estimate of drug-likeness (QED) is 0.388. The second-order valence-electron chi connectivity index (χ2n) is 5.43. The normalized spacial score (nSPS) is 10.8. The van der Waals surface area contributed by atoms with Crippen molar-refractivity contribution in [3.05, 3.63) is 81.3 Å². The van der Waals surface area contributed by atoms with E-state index >= 15 is 0 Å². The van der Waals surface area contributed by atoms with Crippen molar-refractivity contribution in [3.63, 3.8) is 0 Å². The summed E-state index contributed by atoms with van der Waals surface area (Å²) >= 11 is 5.84. The summed E-state index contributed by atoms with van der Waals surface area (Å²) in [6.07, 6.45) is 2.59. The van der Waals surface area contributed by atoms with E-state index in [1.165, 1.54) is 6.07 Å². The van der Waals surface area contributed by atoms with Crippen molar-refractivity contribution in [2.24, 2.45) is 0 Å². The van der Waals surface area contributed by atoms with Crippen LogP contribution in [0.5, 0.6) is 0 Å². The second-order valence-corrected chi connectivity index (χ2v) is 5.87. The third-order valence-electron chi connectivity index (χ3n) is 3.67. The van der Waals surface area contributed by atoms with Crippen molar-refractivity contribution in [3.8, 4) is 11.3 Å². The molecule has 0 aliphatic heterocycles. The third kappa shape index (κ3) is 4.43. The molecule has 0 fully saturated rings. The Morgan fingerprint density at radius 2 is 2.08 bits per heavy atom. The molecule has 6 nitrogen and oxygen atoms in total. The van der Waals surface area contributed by atoms with Gasteiger partial charge in [-0.1, -0.05) is 17.7 Å². The summed E-state index contributed by atoms with van der Waals surface area (Å²) in [5.41, 5.74) is 1.36.